The molecule has 7 heteroatoms. The van der Waals surface area contributed by atoms with Crippen molar-refractivity contribution < 1.29 is 14.9 Å². The molecule has 0 aliphatic carbocycles. The molecule has 0 aromatic carbocycles. The van der Waals surface area contributed by atoms with Crippen molar-refractivity contribution in [1.82, 2.24) is 0 Å². The Kier molecular flexibility index (Phi) is 4.36. The number of hydrogen-bond donors (Lipinski definition) is 2. The standard InChI is InChI=1S/C3H8ClN2O2PS/c4-1-9(7,8)2-10-3(5)6/h1-2H2,(H3,5,6)(H,7,8). The molecule has 4 N–H and O–H groups in total. The molecule has 0 aliphatic rings. The van der Waals surface area contributed by atoms with Gasteiger partial charge in [0.05, 0.1) is 5.62 Å². The van der Waals surface area contributed by atoms with E-state index in [0.717, 1.165) is 11.8 Å². The summed E-state index contributed by atoms with van der Waals surface area (Å²) in [6.45, 7) is 0. The van der Waals surface area contributed by atoms with Crippen molar-refractivity contribution in [3.63, 3.8) is 0 Å². The zero-order valence-corrected chi connectivity index (χ0v) is 7.59. The molecule has 0 rings (SSSR count). The van der Waals surface area contributed by atoms with Gasteiger partial charge in [-0.2, -0.15) is 0 Å². The first-order chi connectivity index (χ1) is 4.48. The molecule has 0 bridgehead atoms. The molecule has 0 radical (unpaired) electrons. The maximum Gasteiger partial charge on any atom is 0.300 e. The molecule has 0 aliphatic heterocycles. The zero-order chi connectivity index (χ0) is 8.20. The number of halogens is 1. The van der Waals surface area contributed by atoms with Gasteiger partial charge >= 0.3 is 0 Å². The van der Waals surface area contributed by atoms with Crippen molar-refractivity contribution in [2.45, 2.75) is 0 Å². The zero-order valence-electron chi connectivity index (χ0n) is 5.12. The maximum atomic E-state index is 10.7. The van der Waals surface area contributed by atoms with Gasteiger partial charge < -0.3 is 9.46 Å². The average Bonchev–Trinajstić information content (AvgIpc) is 1.85. The molecule has 1 atom stereocenters. The monoisotopic (exact) mass is 202 g/mol. The molecular weight excluding hydrogens is 195 g/mol. The Hall–Kier alpha value is 0.300. The van der Waals surface area contributed by atoms with Crippen molar-refractivity contribution in [3.05, 3.63) is 0 Å². The van der Waals surface area contributed by atoms with E-state index in [1.807, 2.05) is 0 Å². The summed E-state index contributed by atoms with van der Waals surface area (Å²) in [7, 11) is -3.43. The quantitative estimate of drug-likeness (QED) is 0.255. The third kappa shape index (κ3) is 5.11. The van der Waals surface area contributed by atoms with Crippen LogP contribution in [0.25, 0.3) is 0 Å². The molecule has 0 spiro atoms. The van der Waals surface area contributed by atoms with E-state index < -0.39 is 7.37 Å². The molecule has 4 nitrogen and oxygen atoms in total. The number of amidine groups is 1. The molecule has 0 aromatic heterocycles. The largest absolute Gasteiger partial charge is 0.798 e. The number of rotatable bonds is 3. The third-order valence-electron chi connectivity index (χ3n) is 0.610. The van der Waals surface area contributed by atoms with Crippen LogP contribution in [0.5, 0.6) is 0 Å². The van der Waals surface area contributed by atoms with E-state index in [9.17, 15) is 9.46 Å². The van der Waals surface area contributed by atoms with Gasteiger partial charge in [0.15, 0.2) is 0 Å². The first-order valence-electron chi connectivity index (χ1n) is 2.34. The van der Waals surface area contributed by atoms with E-state index in [4.69, 9.17) is 22.7 Å². The van der Waals surface area contributed by atoms with Crippen molar-refractivity contribution in [2.24, 2.45) is 5.73 Å². The lowest BCUT2D eigenvalue weighted by atomic mass is 11.4. The van der Waals surface area contributed by atoms with E-state index in [1.54, 1.807) is 0 Å². The second kappa shape index (κ2) is 4.23. The molecule has 10 heavy (non-hydrogen) atoms. The molecule has 0 aromatic rings. The Morgan fingerprint density at radius 1 is 1.90 bits per heavy atom. The van der Waals surface area contributed by atoms with Gasteiger partial charge in [-0.05, 0) is 11.8 Å². The first-order valence-corrected chi connectivity index (χ1v) is 5.85. The number of nitrogens with two attached hydrogens (primary N) is 2. The van der Waals surface area contributed by atoms with Crippen LogP contribution >= 0.6 is 30.7 Å². The Bertz CT molecular complexity index is 176. The highest BCUT2D eigenvalue weighted by Gasteiger charge is 2.08. The lowest BCUT2D eigenvalue weighted by Gasteiger charge is -2.17. The van der Waals surface area contributed by atoms with E-state index in [0.29, 0.717) is 0 Å². The Morgan fingerprint density at radius 2 is 2.40 bits per heavy atom. The lowest BCUT2D eigenvalue weighted by Crippen LogP contribution is -2.43. The normalized spacial score (nSPS) is 16.2. The number of alkyl halides is 1. The van der Waals surface area contributed by atoms with Gasteiger partial charge in [0.2, 0.25) is 0 Å². The molecule has 1 unspecified atom stereocenters. The van der Waals surface area contributed by atoms with Gasteiger partial charge in [-0.15, -0.1) is 11.6 Å². The highest BCUT2D eigenvalue weighted by molar-refractivity contribution is 8.17. The molecule has 60 valence electrons. The van der Waals surface area contributed by atoms with Crippen LogP contribution in [0.3, 0.4) is 0 Å². The van der Waals surface area contributed by atoms with Gasteiger partial charge in [-0.3, -0.25) is 11.1 Å². The Balaban J connectivity index is 3.68. The van der Waals surface area contributed by atoms with Crippen LogP contribution in [0.15, 0.2) is 0 Å². The molecule has 0 saturated heterocycles. The van der Waals surface area contributed by atoms with Crippen LogP contribution in [0.4, 0.5) is 0 Å². The fourth-order valence-corrected chi connectivity index (χ4v) is 2.49. The van der Waals surface area contributed by atoms with Crippen LogP contribution in [-0.4, -0.2) is 16.3 Å². The maximum absolute atomic E-state index is 10.7. The first kappa shape index (κ1) is 10.3. The van der Waals surface area contributed by atoms with Gasteiger partial charge in [0, 0.05) is 12.9 Å². The predicted octanol–water partition coefficient (Wildman–Crippen LogP) is -1.41. The Labute approximate surface area is 68.1 Å². The van der Waals surface area contributed by atoms with Crippen LogP contribution in [0, 0.1) is 0 Å². The van der Waals surface area contributed by atoms with Crippen molar-refractivity contribution >= 4 is 35.9 Å². The highest BCUT2D eigenvalue weighted by atomic mass is 35.5. The fourth-order valence-electron chi connectivity index (χ4n) is 0.207. The minimum atomic E-state index is -3.43. The second-order valence-corrected chi connectivity index (χ2v) is 5.99. The van der Waals surface area contributed by atoms with Crippen LogP contribution in [-0.2, 0) is 4.57 Å². The summed E-state index contributed by atoms with van der Waals surface area (Å²) in [6.07, 6.45) is 0. The topological polar surface area (TPSA) is 91.7 Å². The fraction of sp³-hybridized carbons (Fsp3) is 0.667. The van der Waals surface area contributed by atoms with E-state index >= 15 is 0 Å². The summed E-state index contributed by atoms with van der Waals surface area (Å²) in [5, 5.41) is 5.05. The smallest absolute Gasteiger partial charge is 0.300 e. The molecular formula is C3H8ClN2O2PS. The summed E-state index contributed by atoms with van der Waals surface area (Å²) in [5.74, 6) is 0. The highest BCUT2D eigenvalue weighted by Crippen LogP contribution is 2.39. The van der Waals surface area contributed by atoms with Crippen molar-refractivity contribution in [3.8, 4) is 0 Å². The van der Waals surface area contributed by atoms with Crippen LogP contribution < -0.4 is 16.0 Å². The molecule has 0 amide bonds. The number of thioether (sulfide) groups is 1. The van der Waals surface area contributed by atoms with E-state index in [-0.39, 0.29) is 16.3 Å². The summed E-state index contributed by atoms with van der Waals surface area (Å²) in [5.41, 5.74) is 4.51. The van der Waals surface area contributed by atoms with Gasteiger partial charge in [0.1, 0.15) is 0 Å². The minimum Gasteiger partial charge on any atom is -0.798 e. The molecule has 0 heterocycles. The SMILES string of the molecule is NC(=[NH2+])SCP(=O)([O-])CCl. The minimum absolute atomic E-state index is 0.0428. The van der Waals surface area contributed by atoms with Gasteiger partial charge in [0.25, 0.3) is 5.17 Å². The van der Waals surface area contributed by atoms with E-state index in [2.05, 4.69) is 0 Å². The molecule has 0 fully saturated rings. The Morgan fingerprint density at radius 3 is 2.70 bits per heavy atom. The molecule has 0 saturated carbocycles. The van der Waals surface area contributed by atoms with Gasteiger partial charge in [-0.1, -0.05) is 0 Å². The van der Waals surface area contributed by atoms with Crippen LogP contribution in [0.2, 0.25) is 0 Å². The van der Waals surface area contributed by atoms with Crippen LogP contribution in [0.1, 0.15) is 0 Å². The second-order valence-electron chi connectivity index (χ2n) is 1.61. The average molecular weight is 203 g/mol. The summed E-state index contributed by atoms with van der Waals surface area (Å²) in [6, 6.07) is 0. The van der Waals surface area contributed by atoms with Crippen molar-refractivity contribution in [1.29, 1.82) is 0 Å². The predicted molar refractivity (Wildman–Crippen MR) is 41.9 cm³/mol. The lowest BCUT2D eigenvalue weighted by molar-refractivity contribution is -0.172. The summed E-state index contributed by atoms with van der Waals surface area (Å²) >= 11 is 5.97. The van der Waals surface area contributed by atoms with E-state index in [1.165, 1.54) is 0 Å². The third-order valence-corrected chi connectivity index (χ3v) is 4.49. The summed E-state index contributed by atoms with van der Waals surface area (Å²) in [4.78, 5) is 10.7. The summed E-state index contributed by atoms with van der Waals surface area (Å²) < 4.78 is 10.7. The van der Waals surface area contributed by atoms with Crippen molar-refractivity contribution in [2.75, 3.05) is 11.1 Å². The number of hydrogen-bond acceptors (Lipinski definition) is 3. The van der Waals surface area contributed by atoms with Gasteiger partial charge in [-0.25, -0.2) is 0 Å².